The van der Waals surface area contributed by atoms with E-state index in [0.717, 1.165) is 41.5 Å². The van der Waals surface area contributed by atoms with Crippen molar-refractivity contribution in [3.63, 3.8) is 0 Å². The lowest BCUT2D eigenvalue weighted by Gasteiger charge is -2.22. The lowest BCUT2D eigenvalue weighted by Crippen LogP contribution is -2.35. The number of rotatable bonds is 3. The second-order valence-electron chi connectivity index (χ2n) is 5.75. The highest BCUT2D eigenvalue weighted by Gasteiger charge is 2.20. The fourth-order valence-corrected chi connectivity index (χ4v) is 2.81. The number of nitrogens with one attached hydrogen (secondary N) is 1. The van der Waals surface area contributed by atoms with Crippen molar-refractivity contribution in [1.29, 1.82) is 0 Å². The average Bonchev–Trinajstić information content (AvgIpc) is 2.83. The number of carbonyl (C=O) groups excluding carboxylic acids is 1. The summed E-state index contributed by atoms with van der Waals surface area (Å²) in [6, 6.07) is 5.96. The highest BCUT2D eigenvalue weighted by Crippen LogP contribution is 2.26. The molecule has 1 aromatic heterocycles. The van der Waals surface area contributed by atoms with Gasteiger partial charge in [0.15, 0.2) is 5.76 Å². The molecular weight excluding hydrogens is 266 g/mol. The summed E-state index contributed by atoms with van der Waals surface area (Å²) in [5.41, 5.74) is 2.82. The number of hydrogen-bond donors (Lipinski definition) is 1. The zero-order chi connectivity index (χ0) is 14.8. The summed E-state index contributed by atoms with van der Waals surface area (Å²) in [6.07, 6.45) is 3.43. The molecule has 0 spiro atoms. The van der Waals surface area contributed by atoms with E-state index in [1.807, 2.05) is 26.0 Å². The Hall–Kier alpha value is -1.81. The van der Waals surface area contributed by atoms with Crippen LogP contribution in [0.3, 0.4) is 0 Å². The molecule has 0 radical (unpaired) electrons. The van der Waals surface area contributed by atoms with E-state index in [1.165, 1.54) is 6.42 Å². The number of hydrogen-bond acceptors (Lipinski definition) is 3. The third-order valence-electron chi connectivity index (χ3n) is 4.06. The molecule has 1 aromatic carbocycles. The van der Waals surface area contributed by atoms with Gasteiger partial charge in [-0.1, -0.05) is 11.6 Å². The van der Waals surface area contributed by atoms with Gasteiger partial charge in [-0.25, -0.2) is 0 Å². The Kier molecular flexibility index (Phi) is 3.97. The molecule has 4 nitrogen and oxygen atoms in total. The first-order valence-electron chi connectivity index (χ1n) is 7.54. The number of ether oxygens (including phenoxy) is 1. The summed E-state index contributed by atoms with van der Waals surface area (Å²) in [6.45, 7) is 5.31. The topological polar surface area (TPSA) is 51.5 Å². The number of aryl methyl sites for hydroxylation is 2. The van der Waals surface area contributed by atoms with Crippen molar-refractivity contribution in [2.24, 2.45) is 0 Å². The Morgan fingerprint density at radius 2 is 2.19 bits per heavy atom. The van der Waals surface area contributed by atoms with E-state index < -0.39 is 0 Å². The summed E-state index contributed by atoms with van der Waals surface area (Å²) in [4.78, 5) is 12.3. The van der Waals surface area contributed by atoms with Gasteiger partial charge in [-0.3, -0.25) is 4.79 Å². The third-order valence-corrected chi connectivity index (χ3v) is 4.06. The molecule has 112 valence electrons. The van der Waals surface area contributed by atoms with Gasteiger partial charge >= 0.3 is 0 Å². The maximum absolute atomic E-state index is 12.3. The molecule has 0 saturated carbocycles. The SMILES string of the molecule is Cc1ccc2oc(C(=O)NCC3CCCCO3)c(C)c2c1. The van der Waals surface area contributed by atoms with Gasteiger partial charge in [0.2, 0.25) is 0 Å². The van der Waals surface area contributed by atoms with Crippen LogP contribution in [0, 0.1) is 13.8 Å². The van der Waals surface area contributed by atoms with E-state index >= 15 is 0 Å². The molecule has 1 unspecified atom stereocenters. The molecule has 1 aliphatic heterocycles. The molecule has 1 N–H and O–H groups in total. The van der Waals surface area contributed by atoms with Crippen molar-refractivity contribution in [3.8, 4) is 0 Å². The maximum Gasteiger partial charge on any atom is 0.287 e. The molecular formula is C17H21NO3. The minimum absolute atomic E-state index is 0.134. The van der Waals surface area contributed by atoms with Crippen molar-refractivity contribution < 1.29 is 13.9 Å². The fourth-order valence-electron chi connectivity index (χ4n) is 2.81. The molecule has 1 aliphatic rings. The number of furan rings is 1. The van der Waals surface area contributed by atoms with Gasteiger partial charge in [-0.2, -0.15) is 0 Å². The van der Waals surface area contributed by atoms with Crippen LogP contribution in [0.25, 0.3) is 11.0 Å². The quantitative estimate of drug-likeness (QED) is 0.942. The fraction of sp³-hybridized carbons (Fsp3) is 0.471. The molecule has 4 heteroatoms. The highest BCUT2D eigenvalue weighted by atomic mass is 16.5. The van der Waals surface area contributed by atoms with Gasteiger partial charge in [0.25, 0.3) is 5.91 Å². The zero-order valence-corrected chi connectivity index (χ0v) is 12.6. The number of benzene rings is 1. The monoisotopic (exact) mass is 287 g/mol. The largest absolute Gasteiger partial charge is 0.451 e. The van der Waals surface area contributed by atoms with Crippen LogP contribution in [0.1, 0.15) is 40.9 Å². The maximum atomic E-state index is 12.3. The zero-order valence-electron chi connectivity index (χ0n) is 12.6. The van der Waals surface area contributed by atoms with Crippen LogP contribution in [-0.4, -0.2) is 25.2 Å². The third kappa shape index (κ3) is 2.95. The van der Waals surface area contributed by atoms with Crippen LogP contribution < -0.4 is 5.32 Å². The molecule has 1 atom stereocenters. The van der Waals surface area contributed by atoms with E-state index in [1.54, 1.807) is 0 Å². The Morgan fingerprint density at radius 1 is 1.33 bits per heavy atom. The highest BCUT2D eigenvalue weighted by molar-refractivity contribution is 5.99. The first-order chi connectivity index (χ1) is 10.1. The number of amides is 1. The summed E-state index contributed by atoms with van der Waals surface area (Å²) in [7, 11) is 0. The van der Waals surface area contributed by atoms with E-state index in [9.17, 15) is 4.79 Å². The molecule has 2 heterocycles. The van der Waals surface area contributed by atoms with E-state index in [4.69, 9.17) is 9.15 Å². The van der Waals surface area contributed by atoms with Gasteiger partial charge in [0.05, 0.1) is 6.10 Å². The van der Waals surface area contributed by atoms with E-state index in [0.29, 0.717) is 12.3 Å². The van der Waals surface area contributed by atoms with Crippen molar-refractivity contribution in [1.82, 2.24) is 5.32 Å². The minimum atomic E-state index is -0.157. The second kappa shape index (κ2) is 5.90. The molecule has 1 fully saturated rings. The van der Waals surface area contributed by atoms with Gasteiger partial charge < -0.3 is 14.5 Å². The summed E-state index contributed by atoms with van der Waals surface area (Å²) < 4.78 is 11.3. The predicted octanol–water partition coefficient (Wildman–Crippen LogP) is 3.35. The van der Waals surface area contributed by atoms with Crippen LogP contribution in [0.15, 0.2) is 22.6 Å². The Morgan fingerprint density at radius 3 is 2.95 bits per heavy atom. The van der Waals surface area contributed by atoms with Crippen molar-refractivity contribution in [2.75, 3.05) is 13.2 Å². The molecule has 2 aromatic rings. The molecule has 0 aliphatic carbocycles. The Labute approximate surface area is 124 Å². The molecule has 1 saturated heterocycles. The van der Waals surface area contributed by atoms with Crippen LogP contribution in [0.2, 0.25) is 0 Å². The smallest absolute Gasteiger partial charge is 0.287 e. The Bertz CT molecular complexity index is 653. The van der Waals surface area contributed by atoms with Gasteiger partial charge in [-0.15, -0.1) is 0 Å². The molecule has 0 bridgehead atoms. The molecule has 3 rings (SSSR count). The van der Waals surface area contributed by atoms with Gasteiger partial charge in [0.1, 0.15) is 5.58 Å². The number of carbonyl (C=O) groups is 1. The first-order valence-corrected chi connectivity index (χ1v) is 7.54. The number of fused-ring (bicyclic) bond motifs is 1. The van der Waals surface area contributed by atoms with Crippen LogP contribution in [0.5, 0.6) is 0 Å². The lowest BCUT2D eigenvalue weighted by atomic mass is 10.1. The first kappa shape index (κ1) is 14.1. The van der Waals surface area contributed by atoms with Crippen LogP contribution >= 0.6 is 0 Å². The summed E-state index contributed by atoms with van der Waals surface area (Å²) >= 11 is 0. The molecule has 21 heavy (non-hydrogen) atoms. The van der Waals surface area contributed by atoms with Gasteiger partial charge in [-0.05, 0) is 45.2 Å². The second-order valence-corrected chi connectivity index (χ2v) is 5.75. The van der Waals surface area contributed by atoms with Gasteiger partial charge in [0, 0.05) is 24.1 Å². The van der Waals surface area contributed by atoms with Crippen molar-refractivity contribution >= 4 is 16.9 Å². The lowest BCUT2D eigenvalue weighted by molar-refractivity contribution is 0.0167. The standard InChI is InChI=1S/C17H21NO3/c1-11-6-7-15-14(9-11)12(2)16(21-15)17(19)18-10-13-5-3-4-8-20-13/h6-7,9,13H,3-5,8,10H2,1-2H3,(H,18,19). The van der Waals surface area contributed by atoms with Crippen LogP contribution in [-0.2, 0) is 4.74 Å². The molecule has 1 amide bonds. The predicted molar refractivity (Wildman–Crippen MR) is 81.6 cm³/mol. The average molecular weight is 287 g/mol. The Balaban J connectivity index is 1.73. The van der Waals surface area contributed by atoms with Crippen molar-refractivity contribution in [2.45, 2.75) is 39.2 Å². The van der Waals surface area contributed by atoms with E-state index in [2.05, 4.69) is 11.4 Å². The van der Waals surface area contributed by atoms with Crippen molar-refractivity contribution in [3.05, 3.63) is 35.1 Å². The summed E-state index contributed by atoms with van der Waals surface area (Å²) in [5, 5.41) is 3.94. The van der Waals surface area contributed by atoms with E-state index in [-0.39, 0.29) is 12.0 Å². The van der Waals surface area contributed by atoms with Crippen LogP contribution in [0.4, 0.5) is 0 Å². The normalized spacial score (nSPS) is 18.9. The summed E-state index contributed by atoms with van der Waals surface area (Å²) in [5.74, 6) is 0.252. The minimum Gasteiger partial charge on any atom is -0.451 e.